The summed E-state index contributed by atoms with van der Waals surface area (Å²) < 4.78 is 0. The number of carbonyl (C=O) groups is 2. The van der Waals surface area contributed by atoms with Crippen molar-refractivity contribution in [2.75, 3.05) is 7.05 Å². The molecule has 0 saturated heterocycles. The summed E-state index contributed by atoms with van der Waals surface area (Å²) in [6.45, 7) is 0. The smallest absolute Gasteiger partial charge is 0.323 e. The molecule has 0 radical (unpaired) electrons. The monoisotopic (exact) mass is 176 g/mol. The van der Waals surface area contributed by atoms with Crippen LogP contribution in [-0.2, 0) is 9.59 Å². The molecule has 0 saturated carbocycles. The molecule has 0 aliphatic carbocycles. The highest BCUT2D eigenvalue weighted by Crippen LogP contribution is 2.02. The molecule has 0 heterocycles. The highest BCUT2D eigenvalue weighted by atomic mass is 16.5. The number of nitrogens with two attached hydrogens (primary N) is 1. The Morgan fingerprint density at radius 3 is 2.33 bits per heavy atom. The van der Waals surface area contributed by atoms with E-state index in [0.29, 0.717) is 5.06 Å². The van der Waals surface area contributed by atoms with E-state index in [1.165, 1.54) is 7.05 Å². The summed E-state index contributed by atoms with van der Waals surface area (Å²) in [4.78, 5) is 20.7. The van der Waals surface area contributed by atoms with Crippen LogP contribution in [0, 0.1) is 0 Å². The molecule has 6 nitrogen and oxygen atoms in total. The summed E-state index contributed by atoms with van der Waals surface area (Å²) >= 11 is 0. The van der Waals surface area contributed by atoms with E-state index in [1.807, 2.05) is 0 Å². The van der Waals surface area contributed by atoms with E-state index < -0.39 is 17.9 Å². The fraction of sp³-hybridized carbons (Fsp3) is 0.667. The van der Waals surface area contributed by atoms with Crippen molar-refractivity contribution in [3.05, 3.63) is 0 Å². The molecule has 0 aromatic rings. The van der Waals surface area contributed by atoms with Crippen molar-refractivity contribution in [3.63, 3.8) is 0 Å². The molecule has 0 aliphatic rings. The Morgan fingerprint density at radius 2 is 2.08 bits per heavy atom. The molecular weight excluding hydrogens is 164 g/mol. The number of hydrogen-bond donors (Lipinski definition) is 3. The number of likely N-dealkylation sites (N-methyl/N-ethyl adjacent to an activating group) is 1. The lowest BCUT2D eigenvalue weighted by Crippen LogP contribution is -2.36. The van der Waals surface area contributed by atoms with Gasteiger partial charge in [-0.1, -0.05) is 0 Å². The number of rotatable bonds is 5. The van der Waals surface area contributed by atoms with E-state index in [0.717, 1.165) is 0 Å². The Morgan fingerprint density at radius 1 is 1.58 bits per heavy atom. The number of amides is 1. The van der Waals surface area contributed by atoms with Gasteiger partial charge >= 0.3 is 5.97 Å². The summed E-state index contributed by atoms with van der Waals surface area (Å²) in [5.74, 6) is -1.76. The molecule has 0 aliphatic heterocycles. The summed E-state index contributed by atoms with van der Waals surface area (Å²) in [5, 5.41) is 17.8. The number of carboxylic acids is 1. The Bertz CT molecular complexity index is 180. The fourth-order valence-corrected chi connectivity index (χ4v) is 0.749. The molecule has 70 valence electrons. The van der Waals surface area contributed by atoms with Crippen molar-refractivity contribution in [2.24, 2.45) is 5.73 Å². The summed E-state index contributed by atoms with van der Waals surface area (Å²) in [6.07, 6.45) is -0.0421. The van der Waals surface area contributed by atoms with Crippen molar-refractivity contribution >= 4 is 11.9 Å². The third-order valence-electron chi connectivity index (χ3n) is 1.40. The fourth-order valence-electron chi connectivity index (χ4n) is 0.749. The molecule has 0 spiro atoms. The summed E-state index contributed by atoms with van der Waals surface area (Å²) in [7, 11) is 1.21. The van der Waals surface area contributed by atoms with E-state index in [9.17, 15) is 9.59 Å². The van der Waals surface area contributed by atoms with Crippen molar-refractivity contribution in [3.8, 4) is 0 Å². The Labute approximate surface area is 69.5 Å². The number of hydrogen-bond acceptors (Lipinski definition) is 4. The van der Waals surface area contributed by atoms with Gasteiger partial charge in [-0.15, -0.1) is 0 Å². The zero-order valence-corrected chi connectivity index (χ0v) is 6.73. The lowest BCUT2D eigenvalue weighted by molar-refractivity contribution is -0.163. The molecule has 1 amide bonds. The molecule has 0 fully saturated rings. The number of primary amides is 1. The normalized spacial score (nSPS) is 12.9. The van der Waals surface area contributed by atoms with Gasteiger partial charge in [-0.3, -0.25) is 9.59 Å². The molecule has 0 aromatic heterocycles. The molecule has 12 heavy (non-hydrogen) atoms. The van der Waals surface area contributed by atoms with Crippen LogP contribution in [-0.4, -0.2) is 40.3 Å². The van der Waals surface area contributed by atoms with E-state index in [-0.39, 0.29) is 12.8 Å². The lowest BCUT2D eigenvalue weighted by Gasteiger charge is -2.16. The Hall–Kier alpha value is -1.14. The standard InChI is InChI=1S/C6H12N2O4/c1-8(12)4(6(10)11)2-3-5(7)9/h4,12H,2-3H2,1H3,(H2,7,9)(H,10,11)/t4-/m0/s1. The number of nitrogens with zero attached hydrogens (tertiary/aromatic N) is 1. The maximum absolute atomic E-state index is 10.4. The van der Waals surface area contributed by atoms with Gasteiger partial charge in [0.05, 0.1) is 0 Å². The third-order valence-corrected chi connectivity index (χ3v) is 1.40. The molecule has 0 rings (SSSR count). The predicted molar refractivity (Wildman–Crippen MR) is 39.4 cm³/mol. The largest absolute Gasteiger partial charge is 0.480 e. The maximum atomic E-state index is 10.4. The number of aliphatic carboxylic acids is 1. The van der Waals surface area contributed by atoms with Crippen LogP contribution in [0.3, 0.4) is 0 Å². The van der Waals surface area contributed by atoms with E-state index >= 15 is 0 Å². The van der Waals surface area contributed by atoms with Gasteiger partial charge in [0.1, 0.15) is 6.04 Å². The van der Waals surface area contributed by atoms with Crippen LogP contribution in [0.25, 0.3) is 0 Å². The average Bonchev–Trinajstić information content (AvgIpc) is 1.84. The summed E-state index contributed by atoms with van der Waals surface area (Å²) in [5.41, 5.74) is 4.81. The highest BCUT2D eigenvalue weighted by Gasteiger charge is 2.21. The lowest BCUT2D eigenvalue weighted by atomic mass is 10.1. The zero-order chi connectivity index (χ0) is 9.72. The molecular formula is C6H12N2O4. The van der Waals surface area contributed by atoms with Gasteiger partial charge in [-0.2, -0.15) is 5.06 Å². The molecule has 0 unspecified atom stereocenters. The first-order valence-corrected chi connectivity index (χ1v) is 3.38. The first-order chi connectivity index (χ1) is 5.45. The van der Waals surface area contributed by atoms with Crippen LogP contribution in [0.1, 0.15) is 12.8 Å². The topological polar surface area (TPSA) is 104 Å². The minimum atomic E-state index is -1.18. The van der Waals surface area contributed by atoms with Crippen molar-refractivity contribution in [2.45, 2.75) is 18.9 Å². The molecule has 6 heteroatoms. The SMILES string of the molecule is CN(O)[C@@H](CCC(N)=O)C(=O)O. The minimum absolute atomic E-state index is 0.0116. The number of carboxylic acid groups (broad SMARTS) is 1. The van der Waals surface area contributed by atoms with Gasteiger partial charge in [0.15, 0.2) is 0 Å². The van der Waals surface area contributed by atoms with Crippen LogP contribution in [0.5, 0.6) is 0 Å². The number of hydroxylamine groups is 2. The van der Waals surface area contributed by atoms with Crippen LogP contribution in [0.2, 0.25) is 0 Å². The molecule has 4 N–H and O–H groups in total. The maximum Gasteiger partial charge on any atom is 0.323 e. The number of carbonyl (C=O) groups excluding carboxylic acids is 1. The van der Waals surface area contributed by atoms with Crippen molar-refractivity contribution in [1.82, 2.24) is 5.06 Å². The van der Waals surface area contributed by atoms with E-state index in [1.54, 1.807) is 0 Å². The van der Waals surface area contributed by atoms with Crippen LogP contribution in [0.15, 0.2) is 0 Å². The highest BCUT2D eigenvalue weighted by molar-refractivity contribution is 5.77. The second-order valence-electron chi connectivity index (χ2n) is 2.43. The van der Waals surface area contributed by atoms with Crippen LogP contribution in [0.4, 0.5) is 0 Å². The van der Waals surface area contributed by atoms with Gasteiger partial charge in [0, 0.05) is 13.5 Å². The molecule has 1 atom stereocenters. The van der Waals surface area contributed by atoms with Gasteiger partial charge in [0.2, 0.25) is 5.91 Å². The van der Waals surface area contributed by atoms with Crippen molar-refractivity contribution in [1.29, 1.82) is 0 Å². The van der Waals surface area contributed by atoms with Crippen molar-refractivity contribution < 1.29 is 19.9 Å². The summed E-state index contributed by atoms with van der Waals surface area (Å²) in [6, 6.07) is -1.07. The second kappa shape index (κ2) is 4.68. The second-order valence-corrected chi connectivity index (χ2v) is 2.43. The van der Waals surface area contributed by atoms with Gasteiger partial charge in [0.25, 0.3) is 0 Å². The quantitative estimate of drug-likeness (QED) is 0.467. The average molecular weight is 176 g/mol. The van der Waals surface area contributed by atoms with Gasteiger partial charge in [-0.05, 0) is 6.42 Å². The Kier molecular flexibility index (Phi) is 4.24. The predicted octanol–water partition coefficient (Wildman–Crippen LogP) is -0.974. The van der Waals surface area contributed by atoms with E-state index in [4.69, 9.17) is 16.0 Å². The van der Waals surface area contributed by atoms with Gasteiger partial charge < -0.3 is 16.0 Å². The van der Waals surface area contributed by atoms with E-state index in [2.05, 4.69) is 0 Å². The minimum Gasteiger partial charge on any atom is -0.480 e. The molecule has 0 bridgehead atoms. The van der Waals surface area contributed by atoms with Crippen LogP contribution < -0.4 is 5.73 Å². The van der Waals surface area contributed by atoms with Gasteiger partial charge in [-0.25, -0.2) is 0 Å². The molecule has 0 aromatic carbocycles. The zero-order valence-electron chi connectivity index (χ0n) is 6.73. The van der Waals surface area contributed by atoms with Crippen LogP contribution >= 0.6 is 0 Å². The first kappa shape index (κ1) is 10.9. The Balaban J connectivity index is 3.97. The first-order valence-electron chi connectivity index (χ1n) is 3.38. The third kappa shape index (κ3) is 3.89.